The lowest BCUT2D eigenvalue weighted by atomic mass is 10.1. The zero-order valence-electron chi connectivity index (χ0n) is 10.4. The highest BCUT2D eigenvalue weighted by Crippen LogP contribution is 2.15. The monoisotopic (exact) mass is 235 g/mol. The normalized spacial score (nSPS) is 14.2. The van der Waals surface area contributed by atoms with Gasteiger partial charge in [0.25, 0.3) is 0 Å². The first-order valence-corrected chi connectivity index (χ1v) is 7.49. The van der Waals surface area contributed by atoms with Gasteiger partial charge in [-0.3, -0.25) is 5.40 Å². The molecule has 0 saturated heterocycles. The molecule has 15 heavy (non-hydrogen) atoms. The summed E-state index contributed by atoms with van der Waals surface area (Å²) in [4.78, 5) is 0. The summed E-state index contributed by atoms with van der Waals surface area (Å²) in [6.45, 7) is 4.31. The van der Waals surface area contributed by atoms with Crippen LogP contribution >= 0.6 is 0 Å². The van der Waals surface area contributed by atoms with Crippen LogP contribution in [0, 0.1) is 0 Å². The average molecular weight is 235 g/mol. The topological polar surface area (TPSA) is 53.7 Å². The fourth-order valence-corrected chi connectivity index (χ4v) is 2.49. The molecule has 92 valence electrons. The molecule has 0 heterocycles. The van der Waals surface area contributed by atoms with Gasteiger partial charge < -0.3 is 13.3 Å². The van der Waals surface area contributed by atoms with E-state index in [-0.39, 0.29) is 6.10 Å². The van der Waals surface area contributed by atoms with Crippen LogP contribution in [-0.2, 0) is 13.3 Å². The molecule has 0 aromatic heterocycles. The van der Waals surface area contributed by atoms with Crippen LogP contribution in [-0.4, -0.2) is 29.3 Å². The molecule has 0 amide bonds. The molecule has 0 aromatic carbocycles. The van der Waals surface area contributed by atoms with Crippen LogP contribution in [0.4, 0.5) is 0 Å². The fraction of sp³-hybridized carbons (Fsp3) is 1.00. The Balaban J connectivity index is 4.11. The maximum absolute atomic E-state index is 5.87. The van der Waals surface area contributed by atoms with E-state index < -0.39 is 8.97 Å². The van der Waals surface area contributed by atoms with Crippen molar-refractivity contribution < 1.29 is 13.3 Å². The van der Waals surface area contributed by atoms with Gasteiger partial charge in [0.05, 0.1) is 6.10 Å². The number of nitrogens with two attached hydrogens (primary N) is 1. The van der Waals surface area contributed by atoms with Crippen LogP contribution in [0.2, 0.25) is 0 Å². The highest BCUT2D eigenvalue weighted by Gasteiger charge is 2.37. The molecular formula is C10H25NO3Si. The van der Waals surface area contributed by atoms with Crippen molar-refractivity contribution >= 4 is 8.97 Å². The first-order valence-electron chi connectivity index (χ1n) is 5.68. The van der Waals surface area contributed by atoms with E-state index in [1.54, 1.807) is 14.2 Å². The van der Waals surface area contributed by atoms with E-state index in [4.69, 9.17) is 18.7 Å². The maximum atomic E-state index is 5.87. The third-order valence-corrected chi connectivity index (χ3v) is 4.19. The number of hydrogen-bond donors (Lipinski definition) is 1. The summed E-state index contributed by atoms with van der Waals surface area (Å²) in [6, 6.07) is 0. The van der Waals surface area contributed by atoms with Crippen LogP contribution < -0.4 is 5.40 Å². The van der Waals surface area contributed by atoms with Crippen LogP contribution in [0.1, 0.15) is 46.0 Å². The Labute approximate surface area is 94.5 Å². The molecule has 0 aliphatic heterocycles. The Bertz CT molecular complexity index is 154. The molecule has 1 atom stereocenters. The summed E-state index contributed by atoms with van der Waals surface area (Å²) < 4.78 is 16.0. The van der Waals surface area contributed by atoms with Crippen molar-refractivity contribution in [1.29, 1.82) is 0 Å². The summed E-state index contributed by atoms with van der Waals surface area (Å²) >= 11 is 0. The van der Waals surface area contributed by atoms with Crippen LogP contribution in [0.25, 0.3) is 0 Å². The van der Waals surface area contributed by atoms with E-state index in [1.165, 1.54) is 6.42 Å². The predicted molar refractivity (Wildman–Crippen MR) is 63.3 cm³/mol. The van der Waals surface area contributed by atoms with Crippen LogP contribution in [0.15, 0.2) is 0 Å². The smallest absolute Gasteiger partial charge is 0.365 e. The van der Waals surface area contributed by atoms with Crippen molar-refractivity contribution in [1.82, 2.24) is 0 Å². The van der Waals surface area contributed by atoms with Gasteiger partial charge in [0.2, 0.25) is 0 Å². The minimum Gasteiger partial charge on any atom is -0.365 e. The standard InChI is InChI=1S/C10H25NO3Si/c1-5-7-9-10(8-6-2)14-15(11,12-3)13-4/h10H,5-9,11H2,1-4H3. The van der Waals surface area contributed by atoms with Crippen molar-refractivity contribution in [3.8, 4) is 0 Å². The molecule has 0 aliphatic rings. The van der Waals surface area contributed by atoms with Gasteiger partial charge in [-0.1, -0.05) is 33.1 Å². The molecule has 0 radical (unpaired) electrons. The van der Waals surface area contributed by atoms with E-state index in [1.807, 2.05) is 0 Å². The first kappa shape index (κ1) is 15.1. The van der Waals surface area contributed by atoms with Gasteiger partial charge in [-0.15, -0.1) is 0 Å². The lowest BCUT2D eigenvalue weighted by molar-refractivity contribution is 0.0466. The van der Waals surface area contributed by atoms with Gasteiger partial charge in [-0.25, -0.2) is 0 Å². The van der Waals surface area contributed by atoms with Crippen molar-refractivity contribution in [2.24, 2.45) is 5.40 Å². The lowest BCUT2D eigenvalue weighted by Crippen LogP contribution is -2.55. The Hall–Kier alpha value is 0.0569. The first-order chi connectivity index (χ1) is 7.11. The highest BCUT2D eigenvalue weighted by atomic mass is 28.4. The van der Waals surface area contributed by atoms with Gasteiger partial charge in [0, 0.05) is 14.2 Å². The third kappa shape index (κ3) is 6.27. The molecular weight excluding hydrogens is 210 g/mol. The predicted octanol–water partition coefficient (Wildman–Crippen LogP) is 2.05. The zero-order valence-corrected chi connectivity index (χ0v) is 11.4. The Morgan fingerprint density at radius 1 is 1.07 bits per heavy atom. The molecule has 0 aromatic rings. The van der Waals surface area contributed by atoms with E-state index in [9.17, 15) is 0 Å². The lowest BCUT2D eigenvalue weighted by Gasteiger charge is -2.27. The summed E-state index contributed by atoms with van der Waals surface area (Å²) in [6.07, 6.45) is 5.63. The van der Waals surface area contributed by atoms with Crippen molar-refractivity contribution in [3.63, 3.8) is 0 Å². The Morgan fingerprint density at radius 2 is 1.67 bits per heavy atom. The summed E-state index contributed by atoms with van der Waals surface area (Å²) in [5.74, 6) is 0. The van der Waals surface area contributed by atoms with E-state index >= 15 is 0 Å². The molecule has 4 nitrogen and oxygen atoms in total. The molecule has 0 aliphatic carbocycles. The van der Waals surface area contributed by atoms with Crippen LogP contribution in [0.3, 0.4) is 0 Å². The summed E-state index contributed by atoms with van der Waals surface area (Å²) in [7, 11) is 0.233. The highest BCUT2D eigenvalue weighted by molar-refractivity contribution is 6.56. The molecule has 0 saturated carbocycles. The Kier molecular flexibility index (Phi) is 8.27. The molecule has 0 fully saturated rings. The molecule has 1 unspecified atom stereocenters. The van der Waals surface area contributed by atoms with Gasteiger partial charge >= 0.3 is 8.97 Å². The largest absolute Gasteiger partial charge is 0.593 e. The maximum Gasteiger partial charge on any atom is 0.593 e. The molecule has 5 heteroatoms. The molecule has 2 N–H and O–H groups in total. The molecule has 0 bridgehead atoms. The fourth-order valence-electron chi connectivity index (χ4n) is 1.43. The molecule has 0 rings (SSSR count). The second-order valence-corrected chi connectivity index (χ2v) is 5.94. The van der Waals surface area contributed by atoms with Gasteiger partial charge in [0.15, 0.2) is 0 Å². The van der Waals surface area contributed by atoms with E-state index in [2.05, 4.69) is 13.8 Å². The van der Waals surface area contributed by atoms with Gasteiger partial charge in [-0.05, 0) is 12.8 Å². The second kappa shape index (κ2) is 8.24. The van der Waals surface area contributed by atoms with Crippen LogP contribution in [0.5, 0.6) is 0 Å². The zero-order chi connectivity index (χ0) is 11.7. The quantitative estimate of drug-likeness (QED) is 0.621. The number of rotatable bonds is 9. The van der Waals surface area contributed by atoms with E-state index in [0.29, 0.717) is 0 Å². The number of unbranched alkanes of at least 4 members (excludes halogenated alkanes) is 1. The Morgan fingerprint density at radius 3 is 2.07 bits per heavy atom. The third-order valence-electron chi connectivity index (χ3n) is 2.39. The SMILES string of the molecule is CCCCC(CCC)O[Si](N)(OC)OC. The van der Waals surface area contributed by atoms with Crippen molar-refractivity contribution in [2.45, 2.75) is 52.1 Å². The van der Waals surface area contributed by atoms with Gasteiger partial charge in [0.1, 0.15) is 0 Å². The molecule has 0 spiro atoms. The summed E-state index contributed by atoms with van der Waals surface area (Å²) in [5.41, 5.74) is 0. The van der Waals surface area contributed by atoms with Crippen molar-refractivity contribution in [2.75, 3.05) is 14.2 Å². The van der Waals surface area contributed by atoms with Gasteiger partial charge in [-0.2, -0.15) is 0 Å². The average Bonchev–Trinajstić information content (AvgIpc) is 2.26. The minimum absolute atomic E-state index is 0.173. The number of hydrogen-bond acceptors (Lipinski definition) is 4. The minimum atomic E-state index is -2.85. The van der Waals surface area contributed by atoms with Crippen molar-refractivity contribution in [3.05, 3.63) is 0 Å². The second-order valence-electron chi connectivity index (χ2n) is 3.68. The summed E-state index contributed by atoms with van der Waals surface area (Å²) in [5, 5.41) is 5.87. The van der Waals surface area contributed by atoms with E-state index in [0.717, 1.165) is 25.7 Å².